The second kappa shape index (κ2) is 13.4. The van der Waals surface area contributed by atoms with Gasteiger partial charge in [-0.15, -0.1) is 0 Å². The number of para-hydroxylation sites is 2. The molecule has 1 aliphatic rings. The van der Waals surface area contributed by atoms with Crippen molar-refractivity contribution in [3.8, 4) is 5.75 Å². The average molecular weight is 504 g/mol. The van der Waals surface area contributed by atoms with Crippen LogP contribution >= 0.6 is 0 Å². The third-order valence-electron chi connectivity index (χ3n) is 6.22. The van der Waals surface area contributed by atoms with Crippen molar-refractivity contribution >= 4 is 23.4 Å². The van der Waals surface area contributed by atoms with E-state index in [-0.39, 0.29) is 18.6 Å². The van der Waals surface area contributed by atoms with Gasteiger partial charge in [0, 0.05) is 25.2 Å². The zero-order chi connectivity index (χ0) is 25.9. The van der Waals surface area contributed by atoms with Gasteiger partial charge in [-0.1, -0.05) is 42.5 Å². The fourth-order valence-electron chi connectivity index (χ4n) is 4.21. The van der Waals surface area contributed by atoms with E-state index in [9.17, 15) is 9.59 Å². The molecule has 3 aromatic carbocycles. The Morgan fingerprint density at radius 1 is 0.838 bits per heavy atom. The van der Waals surface area contributed by atoms with Crippen molar-refractivity contribution in [2.75, 3.05) is 44.0 Å². The summed E-state index contributed by atoms with van der Waals surface area (Å²) < 4.78 is 16.3. The van der Waals surface area contributed by atoms with Crippen molar-refractivity contribution in [2.45, 2.75) is 25.5 Å². The van der Waals surface area contributed by atoms with Gasteiger partial charge in [-0.25, -0.2) is 4.79 Å². The van der Waals surface area contributed by atoms with E-state index in [4.69, 9.17) is 14.2 Å². The minimum atomic E-state index is -0.604. The molecule has 2 amide bonds. The van der Waals surface area contributed by atoms with Crippen LogP contribution in [-0.2, 0) is 16.0 Å². The van der Waals surface area contributed by atoms with E-state index in [0.717, 1.165) is 32.5 Å². The molecule has 194 valence electrons. The molecule has 4 rings (SSSR count). The number of likely N-dealkylation sites (tertiary alicyclic amines) is 1. The Morgan fingerprint density at radius 2 is 1.49 bits per heavy atom. The smallest absolute Gasteiger partial charge is 0.411 e. The fraction of sp³-hybridized carbons (Fsp3) is 0.310. The van der Waals surface area contributed by atoms with Gasteiger partial charge in [0.05, 0.1) is 31.2 Å². The Balaban J connectivity index is 1.16. The fourth-order valence-corrected chi connectivity index (χ4v) is 4.21. The van der Waals surface area contributed by atoms with E-state index in [0.29, 0.717) is 29.3 Å². The molecule has 0 aromatic heterocycles. The van der Waals surface area contributed by atoms with Crippen LogP contribution in [0.1, 0.15) is 28.8 Å². The predicted octanol–water partition coefficient (Wildman–Crippen LogP) is 5.18. The van der Waals surface area contributed by atoms with Crippen molar-refractivity contribution in [1.82, 2.24) is 4.90 Å². The summed E-state index contributed by atoms with van der Waals surface area (Å²) in [5.74, 6) is 0.368. The summed E-state index contributed by atoms with van der Waals surface area (Å²) in [5, 5.41) is 5.51. The molecule has 8 nitrogen and oxygen atoms in total. The molecule has 3 aromatic rings. The SMILES string of the molecule is COc1ccc(C(=O)Nc2ccccc2NC(=O)OCCOC2CCN(Cc3ccccc3)CC2)cc1. The lowest BCUT2D eigenvalue weighted by molar-refractivity contribution is -0.0109. The lowest BCUT2D eigenvalue weighted by atomic mass is 10.1. The minimum absolute atomic E-state index is 0.149. The molecule has 1 heterocycles. The van der Waals surface area contributed by atoms with Crippen molar-refractivity contribution in [1.29, 1.82) is 0 Å². The monoisotopic (exact) mass is 503 g/mol. The summed E-state index contributed by atoms with van der Waals surface area (Å²) in [4.78, 5) is 27.4. The number of benzene rings is 3. The zero-order valence-corrected chi connectivity index (χ0v) is 21.0. The first-order valence-electron chi connectivity index (χ1n) is 12.5. The summed E-state index contributed by atoms with van der Waals surface area (Å²) in [6.07, 6.45) is 1.49. The van der Waals surface area contributed by atoms with Crippen LogP contribution in [0.3, 0.4) is 0 Å². The first-order chi connectivity index (χ1) is 18.1. The Labute approximate surface area is 217 Å². The summed E-state index contributed by atoms with van der Waals surface area (Å²) in [6, 6.07) is 24.2. The first-order valence-corrected chi connectivity index (χ1v) is 12.5. The number of amides is 2. The zero-order valence-electron chi connectivity index (χ0n) is 21.0. The average Bonchev–Trinajstić information content (AvgIpc) is 2.93. The van der Waals surface area contributed by atoms with Gasteiger partial charge in [0.15, 0.2) is 0 Å². The van der Waals surface area contributed by atoms with Gasteiger partial charge in [-0.3, -0.25) is 15.0 Å². The van der Waals surface area contributed by atoms with E-state index in [2.05, 4.69) is 39.8 Å². The Kier molecular flexibility index (Phi) is 9.51. The Bertz CT molecular complexity index is 1150. The number of hydrogen-bond acceptors (Lipinski definition) is 6. The summed E-state index contributed by atoms with van der Waals surface area (Å²) >= 11 is 0. The summed E-state index contributed by atoms with van der Waals surface area (Å²) in [7, 11) is 1.57. The van der Waals surface area contributed by atoms with E-state index in [1.165, 1.54) is 5.56 Å². The standard InChI is InChI=1S/C29H33N3O5/c1-35-24-13-11-23(12-14-24)28(33)30-26-9-5-6-10-27(26)31-29(34)37-20-19-36-25-15-17-32(18-16-25)21-22-7-3-2-4-8-22/h2-14,25H,15-21H2,1H3,(H,30,33)(H,31,34). The van der Waals surface area contributed by atoms with Crippen molar-refractivity contribution in [3.63, 3.8) is 0 Å². The van der Waals surface area contributed by atoms with Crippen LogP contribution in [0.2, 0.25) is 0 Å². The molecule has 0 bridgehead atoms. The van der Waals surface area contributed by atoms with E-state index in [1.807, 2.05) is 6.07 Å². The largest absolute Gasteiger partial charge is 0.497 e. The number of nitrogens with one attached hydrogen (secondary N) is 2. The molecule has 0 unspecified atom stereocenters. The Morgan fingerprint density at radius 3 is 2.16 bits per heavy atom. The highest BCUT2D eigenvalue weighted by molar-refractivity contribution is 6.06. The van der Waals surface area contributed by atoms with Gasteiger partial charge < -0.3 is 19.5 Å². The van der Waals surface area contributed by atoms with Gasteiger partial charge >= 0.3 is 6.09 Å². The van der Waals surface area contributed by atoms with Crippen LogP contribution in [-0.4, -0.2) is 56.4 Å². The first kappa shape index (κ1) is 26.2. The number of carbonyl (C=O) groups is 2. The van der Waals surface area contributed by atoms with Crippen LogP contribution < -0.4 is 15.4 Å². The molecule has 2 N–H and O–H groups in total. The highest BCUT2D eigenvalue weighted by Gasteiger charge is 2.20. The van der Waals surface area contributed by atoms with Crippen LogP contribution in [0.25, 0.3) is 0 Å². The number of anilines is 2. The van der Waals surface area contributed by atoms with Gasteiger partial charge in [0.1, 0.15) is 12.4 Å². The lowest BCUT2D eigenvalue weighted by Crippen LogP contribution is -2.37. The quantitative estimate of drug-likeness (QED) is 0.371. The number of methoxy groups -OCH3 is 1. The molecule has 0 saturated carbocycles. The molecule has 8 heteroatoms. The normalized spacial score (nSPS) is 14.1. The second-order valence-corrected chi connectivity index (χ2v) is 8.82. The van der Waals surface area contributed by atoms with E-state index < -0.39 is 6.09 Å². The number of carbonyl (C=O) groups excluding carboxylic acids is 2. The molecule has 0 radical (unpaired) electrons. The van der Waals surface area contributed by atoms with Crippen LogP contribution in [0.15, 0.2) is 78.9 Å². The van der Waals surface area contributed by atoms with Gasteiger partial charge in [-0.2, -0.15) is 0 Å². The maximum absolute atomic E-state index is 12.6. The third kappa shape index (κ3) is 8.06. The maximum Gasteiger partial charge on any atom is 0.411 e. The number of piperidine rings is 1. The number of hydrogen-bond donors (Lipinski definition) is 2. The van der Waals surface area contributed by atoms with Gasteiger partial charge in [0.25, 0.3) is 5.91 Å². The molecular formula is C29H33N3O5. The second-order valence-electron chi connectivity index (χ2n) is 8.82. The molecule has 1 saturated heterocycles. The molecule has 0 atom stereocenters. The van der Waals surface area contributed by atoms with E-state index >= 15 is 0 Å². The highest BCUT2D eigenvalue weighted by Crippen LogP contribution is 2.23. The Hall–Kier alpha value is -3.88. The highest BCUT2D eigenvalue weighted by atomic mass is 16.6. The molecular weight excluding hydrogens is 470 g/mol. The van der Waals surface area contributed by atoms with Crippen LogP contribution in [0.5, 0.6) is 5.75 Å². The maximum atomic E-state index is 12.6. The summed E-state index contributed by atoms with van der Waals surface area (Å²) in [6.45, 7) is 3.42. The van der Waals surface area contributed by atoms with Crippen molar-refractivity contribution in [3.05, 3.63) is 90.0 Å². The number of ether oxygens (including phenoxy) is 3. The summed E-state index contributed by atoms with van der Waals surface area (Å²) in [5.41, 5.74) is 2.71. The molecule has 37 heavy (non-hydrogen) atoms. The van der Waals surface area contributed by atoms with E-state index in [1.54, 1.807) is 55.6 Å². The van der Waals surface area contributed by atoms with Crippen molar-refractivity contribution in [2.24, 2.45) is 0 Å². The molecule has 1 aliphatic heterocycles. The van der Waals surface area contributed by atoms with Gasteiger partial charge in [-0.05, 0) is 54.8 Å². The molecule has 0 aliphatic carbocycles. The number of nitrogens with zero attached hydrogens (tertiary/aromatic N) is 1. The third-order valence-corrected chi connectivity index (χ3v) is 6.22. The minimum Gasteiger partial charge on any atom is -0.497 e. The van der Waals surface area contributed by atoms with Crippen LogP contribution in [0.4, 0.5) is 16.2 Å². The topological polar surface area (TPSA) is 89.1 Å². The number of rotatable bonds is 10. The molecule has 1 fully saturated rings. The van der Waals surface area contributed by atoms with Crippen LogP contribution in [0, 0.1) is 0 Å². The predicted molar refractivity (Wildman–Crippen MR) is 143 cm³/mol. The molecule has 0 spiro atoms. The lowest BCUT2D eigenvalue weighted by Gasteiger charge is -2.31. The van der Waals surface area contributed by atoms with Gasteiger partial charge in [0.2, 0.25) is 0 Å². The van der Waals surface area contributed by atoms with Crippen molar-refractivity contribution < 1.29 is 23.8 Å².